The summed E-state index contributed by atoms with van der Waals surface area (Å²) in [5.41, 5.74) is 1.19. The van der Waals surface area contributed by atoms with E-state index in [1.165, 1.54) is 5.56 Å². The molecule has 4 heteroatoms. The van der Waals surface area contributed by atoms with Gasteiger partial charge in [0, 0.05) is 6.04 Å². The molecule has 0 saturated carbocycles. The van der Waals surface area contributed by atoms with Crippen molar-refractivity contribution in [2.75, 3.05) is 20.8 Å². The molecule has 0 bridgehead atoms. The van der Waals surface area contributed by atoms with E-state index >= 15 is 0 Å². The molecule has 1 atom stereocenters. The van der Waals surface area contributed by atoms with Crippen LogP contribution in [0.2, 0.25) is 0 Å². The Labute approximate surface area is 115 Å². The number of hydrogen-bond acceptors (Lipinski definition) is 4. The molecule has 0 aliphatic rings. The van der Waals surface area contributed by atoms with Crippen LogP contribution in [0, 0.1) is 11.3 Å². The summed E-state index contributed by atoms with van der Waals surface area (Å²) >= 11 is 0. The summed E-state index contributed by atoms with van der Waals surface area (Å²) in [5, 5.41) is 12.1. The lowest BCUT2D eigenvalue weighted by atomic mass is 10.1. The molecular weight excluding hydrogens is 240 g/mol. The Hall–Kier alpha value is -1.73. The van der Waals surface area contributed by atoms with Crippen molar-refractivity contribution in [3.8, 4) is 17.6 Å². The summed E-state index contributed by atoms with van der Waals surface area (Å²) in [5.74, 6) is 1.50. The highest BCUT2D eigenvalue weighted by Crippen LogP contribution is 2.27. The molecule has 0 aromatic heterocycles. The molecule has 19 heavy (non-hydrogen) atoms. The van der Waals surface area contributed by atoms with Gasteiger partial charge in [0.25, 0.3) is 0 Å². The molecule has 0 radical (unpaired) electrons. The number of rotatable bonds is 8. The number of nitrogens with zero attached hydrogens (tertiary/aromatic N) is 1. The van der Waals surface area contributed by atoms with Gasteiger partial charge in [-0.3, -0.25) is 0 Å². The van der Waals surface area contributed by atoms with E-state index in [0.717, 1.165) is 30.9 Å². The van der Waals surface area contributed by atoms with Gasteiger partial charge in [-0.05, 0) is 37.1 Å². The number of benzene rings is 1. The van der Waals surface area contributed by atoms with Crippen molar-refractivity contribution in [2.24, 2.45) is 0 Å². The van der Waals surface area contributed by atoms with Crippen LogP contribution in [0.5, 0.6) is 11.5 Å². The smallest absolute Gasteiger partial charge is 0.160 e. The first-order valence-electron chi connectivity index (χ1n) is 6.56. The molecule has 0 saturated heterocycles. The maximum Gasteiger partial charge on any atom is 0.160 e. The molecule has 4 nitrogen and oxygen atoms in total. The van der Waals surface area contributed by atoms with Crippen LogP contribution in [0.1, 0.15) is 25.3 Å². The van der Waals surface area contributed by atoms with Gasteiger partial charge in [-0.15, -0.1) is 0 Å². The lowest BCUT2D eigenvalue weighted by molar-refractivity contribution is 0.354. The third-order valence-electron chi connectivity index (χ3n) is 3.13. The van der Waals surface area contributed by atoms with Crippen LogP contribution in [0.3, 0.4) is 0 Å². The maximum absolute atomic E-state index is 8.69. The molecule has 104 valence electrons. The van der Waals surface area contributed by atoms with Crippen molar-refractivity contribution in [1.29, 1.82) is 5.26 Å². The Kier molecular flexibility index (Phi) is 6.76. The van der Waals surface area contributed by atoms with Crippen LogP contribution in [-0.2, 0) is 6.42 Å². The SMILES string of the molecule is CCC(CC#N)NCCc1ccc(OC)c(OC)c1. The molecule has 1 unspecified atom stereocenters. The molecule has 1 aromatic rings. The zero-order valence-corrected chi connectivity index (χ0v) is 11.9. The quantitative estimate of drug-likeness (QED) is 0.782. The first kappa shape index (κ1) is 15.3. The van der Waals surface area contributed by atoms with Gasteiger partial charge in [0.2, 0.25) is 0 Å². The van der Waals surface area contributed by atoms with Crippen LogP contribution in [0.25, 0.3) is 0 Å². The van der Waals surface area contributed by atoms with Crippen molar-refractivity contribution in [2.45, 2.75) is 32.2 Å². The van der Waals surface area contributed by atoms with Crippen LogP contribution < -0.4 is 14.8 Å². The number of ether oxygens (including phenoxy) is 2. The number of nitrogens with one attached hydrogen (secondary N) is 1. The first-order chi connectivity index (χ1) is 9.24. The molecule has 0 aliphatic carbocycles. The highest BCUT2D eigenvalue weighted by molar-refractivity contribution is 5.42. The minimum absolute atomic E-state index is 0.283. The molecule has 1 aromatic carbocycles. The van der Waals surface area contributed by atoms with E-state index in [9.17, 15) is 0 Å². The molecule has 0 spiro atoms. The Bertz CT molecular complexity index is 427. The van der Waals surface area contributed by atoms with Gasteiger partial charge in [0.1, 0.15) is 0 Å². The molecule has 0 fully saturated rings. The lowest BCUT2D eigenvalue weighted by Gasteiger charge is -2.14. The Morgan fingerprint density at radius 1 is 1.26 bits per heavy atom. The van der Waals surface area contributed by atoms with E-state index < -0.39 is 0 Å². The molecule has 1 N–H and O–H groups in total. The van der Waals surface area contributed by atoms with Crippen LogP contribution in [0.15, 0.2) is 18.2 Å². The topological polar surface area (TPSA) is 54.3 Å². The van der Waals surface area contributed by atoms with Gasteiger partial charge in [-0.25, -0.2) is 0 Å². The fourth-order valence-electron chi connectivity index (χ4n) is 1.93. The monoisotopic (exact) mass is 262 g/mol. The van der Waals surface area contributed by atoms with E-state index in [0.29, 0.717) is 6.42 Å². The predicted molar refractivity (Wildman–Crippen MR) is 75.6 cm³/mol. The minimum atomic E-state index is 0.283. The summed E-state index contributed by atoms with van der Waals surface area (Å²) in [6.07, 6.45) is 2.43. The van der Waals surface area contributed by atoms with Crippen LogP contribution in [-0.4, -0.2) is 26.8 Å². The van der Waals surface area contributed by atoms with Gasteiger partial charge < -0.3 is 14.8 Å². The number of hydrogen-bond donors (Lipinski definition) is 1. The van der Waals surface area contributed by atoms with Gasteiger partial charge in [-0.2, -0.15) is 5.26 Å². The highest BCUT2D eigenvalue weighted by Gasteiger charge is 2.06. The maximum atomic E-state index is 8.69. The van der Waals surface area contributed by atoms with Crippen molar-refractivity contribution in [3.63, 3.8) is 0 Å². The standard InChI is InChI=1S/C15H22N2O2/c1-4-13(7-9-16)17-10-8-12-5-6-14(18-2)15(11-12)19-3/h5-6,11,13,17H,4,7-8,10H2,1-3H3. The zero-order chi connectivity index (χ0) is 14.1. The van der Waals surface area contributed by atoms with Crippen molar-refractivity contribution >= 4 is 0 Å². The average Bonchev–Trinajstić information content (AvgIpc) is 2.46. The second kappa shape index (κ2) is 8.39. The lowest BCUT2D eigenvalue weighted by Crippen LogP contribution is -2.29. The van der Waals surface area contributed by atoms with Gasteiger partial charge >= 0.3 is 0 Å². The molecule has 0 aliphatic heterocycles. The second-order valence-corrected chi connectivity index (χ2v) is 4.36. The largest absolute Gasteiger partial charge is 0.493 e. The predicted octanol–water partition coefficient (Wildman–Crippen LogP) is 2.53. The summed E-state index contributed by atoms with van der Waals surface area (Å²) in [4.78, 5) is 0. The van der Waals surface area contributed by atoms with E-state index in [-0.39, 0.29) is 6.04 Å². The summed E-state index contributed by atoms with van der Waals surface area (Å²) < 4.78 is 10.5. The van der Waals surface area contributed by atoms with E-state index in [2.05, 4.69) is 18.3 Å². The second-order valence-electron chi connectivity index (χ2n) is 4.36. The fraction of sp³-hybridized carbons (Fsp3) is 0.533. The Morgan fingerprint density at radius 3 is 2.58 bits per heavy atom. The first-order valence-corrected chi connectivity index (χ1v) is 6.56. The third kappa shape index (κ3) is 4.80. The summed E-state index contributed by atoms with van der Waals surface area (Å²) in [6.45, 7) is 2.95. The number of nitriles is 1. The Balaban J connectivity index is 2.52. The molecular formula is C15H22N2O2. The third-order valence-corrected chi connectivity index (χ3v) is 3.13. The van der Waals surface area contributed by atoms with E-state index in [1.54, 1.807) is 14.2 Å². The fourth-order valence-corrected chi connectivity index (χ4v) is 1.93. The van der Waals surface area contributed by atoms with Gasteiger partial charge in [0.15, 0.2) is 11.5 Å². The highest BCUT2D eigenvalue weighted by atomic mass is 16.5. The normalized spacial score (nSPS) is 11.7. The van der Waals surface area contributed by atoms with Crippen LogP contribution in [0.4, 0.5) is 0 Å². The summed E-state index contributed by atoms with van der Waals surface area (Å²) in [6, 6.07) is 8.43. The number of methoxy groups -OCH3 is 2. The van der Waals surface area contributed by atoms with Gasteiger partial charge in [0.05, 0.1) is 26.7 Å². The van der Waals surface area contributed by atoms with E-state index in [1.807, 2.05) is 18.2 Å². The van der Waals surface area contributed by atoms with Crippen LogP contribution >= 0.6 is 0 Å². The van der Waals surface area contributed by atoms with E-state index in [4.69, 9.17) is 14.7 Å². The molecule has 0 heterocycles. The molecule has 1 rings (SSSR count). The minimum Gasteiger partial charge on any atom is -0.493 e. The van der Waals surface area contributed by atoms with Crippen molar-refractivity contribution < 1.29 is 9.47 Å². The van der Waals surface area contributed by atoms with Crippen molar-refractivity contribution in [1.82, 2.24) is 5.32 Å². The zero-order valence-electron chi connectivity index (χ0n) is 11.9. The summed E-state index contributed by atoms with van der Waals surface area (Å²) in [7, 11) is 3.27. The Morgan fingerprint density at radius 2 is 2.00 bits per heavy atom. The van der Waals surface area contributed by atoms with Gasteiger partial charge in [-0.1, -0.05) is 13.0 Å². The average molecular weight is 262 g/mol. The van der Waals surface area contributed by atoms with Crippen molar-refractivity contribution in [3.05, 3.63) is 23.8 Å². The molecule has 0 amide bonds.